The van der Waals surface area contributed by atoms with Gasteiger partial charge in [-0.1, -0.05) is 17.7 Å². The number of likely N-dealkylation sites (tertiary alicyclic amines) is 1. The third-order valence-corrected chi connectivity index (χ3v) is 3.62. The van der Waals surface area contributed by atoms with Crippen LogP contribution in [0.15, 0.2) is 24.3 Å². The first-order chi connectivity index (χ1) is 9.15. The SMILES string of the molecule is O=C(O)CN(CCN1CCCC1)c1cccc(Cl)c1. The van der Waals surface area contributed by atoms with Gasteiger partial charge < -0.3 is 14.9 Å². The molecule has 0 aromatic heterocycles. The van der Waals surface area contributed by atoms with Crippen LogP contribution in [0.1, 0.15) is 12.8 Å². The van der Waals surface area contributed by atoms with Crippen LogP contribution in [0.25, 0.3) is 0 Å². The zero-order chi connectivity index (χ0) is 13.7. The maximum atomic E-state index is 11.0. The van der Waals surface area contributed by atoms with Gasteiger partial charge in [-0.2, -0.15) is 0 Å². The van der Waals surface area contributed by atoms with Gasteiger partial charge in [-0.25, -0.2) is 0 Å². The summed E-state index contributed by atoms with van der Waals surface area (Å²) in [7, 11) is 0. The van der Waals surface area contributed by atoms with E-state index in [1.165, 1.54) is 12.8 Å². The van der Waals surface area contributed by atoms with E-state index in [2.05, 4.69) is 4.90 Å². The molecular weight excluding hydrogens is 264 g/mol. The normalized spacial score (nSPS) is 15.6. The molecule has 4 nitrogen and oxygen atoms in total. The molecule has 1 heterocycles. The Morgan fingerprint density at radius 3 is 2.74 bits per heavy atom. The number of anilines is 1. The molecule has 0 bridgehead atoms. The summed E-state index contributed by atoms with van der Waals surface area (Å²) in [5.41, 5.74) is 0.870. The lowest BCUT2D eigenvalue weighted by molar-refractivity contribution is -0.135. The molecule has 0 aliphatic carbocycles. The highest BCUT2D eigenvalue weighted by atomic mass is 35.5. The Labute approximate surface area is 118 Å². The second-order valence-electron chi connectivity index (χ2n) is 4.84. The number of carbonyl (C=O) groups is 1. The molecular formula is C14H19ClN2O2. The zero-order valence-corrected chi connectivity index (χ0v) is 11.6. The molecule has 104 valence electrons. The van der Waals surface area contributed by atoms with E-state index in [1.54, 1.807) is 6.07 Å². The smallest absolute Gasteiger partial charge is 0.323 e. The third kappa shape index (κ3) is 4.40. The fraction of sp³-hybridized carbons (Fsp3) is 0.500. The third-order valence-electron chi connectivity index (χ3n) is 3.38. The van der Waals surface area contributed by atoms with Crippen molar-refractivity contribution in [3.05, 3.63) is 29.3 Å². The van der Waals surface area contributed by atoms with E-state index in [1.807, 2.05) is 23.1 Å². The van der Waals surface area contributed by atoms with E-state index in [0.29, 0.717) is 11.6 Å². The second-order valence-corrected chi connectivity index (χ2v) is 5.28. The quantitative estimate of drug-likeness (QED) is 0.870. The number of nitrogens with zero attached hydrogens (tertiary/aromatic N) is 2. The first-order valence-electron chi connectivity index (χ1n) is 6.60. The number of carboxylic acids is 1. The van der Waals surface area contributed by atoms with Crippen LogP contribution < -0.4 is 4.90 Å². The first kappa shape index (κ1) is 14.2. The lowest BCUT2D eigenvalue weighted by Crippen LogP contribution is -2.37. The molecule has 0 amide bonds. The highest BCUT2D eigenvalue weighted by molar-refractivity contribution is 6.30. The molecule has 19 heavy (non-hydrogen) atoms. The number of rotatable bonds is 6. The molecule has 1 aromatic rings. The predicted molar refractivity (Wildman–Crippen MR) is 77.0 cm³/mol. The molecule has 2 rings (SSSR count). The van der Waals surface area contributed by atoms with Gasteiger partial charge in [0.15, 0.2) is 0 Å². The van der Waals surface area contributed by atoms with Crippen molar-refractivity contribution in [1.29, 1.82) is 0 Å². The van der Waals surface area contributed by atoms with Crippen molar-refractivity contribution in [3.63, 3.8) is 0 Å². The standard InChI is InChI=1S/C14H19ClN2O2/c15-12-4-3-5-13(10-12)17(11-14(18)19)9-8-16-6-1-2-7-16/h3-5,10H,1-2,6-9,11H2,(H,18,19). The van der Waals surface area contributed by atoms with Crippen molar-refractivity contribution in [1.82, 2.24) is 4.90 Å². The van der Waals surface area contributed by atoms with Gasteiger partial charge in [0.25, 0.3) is 0 Å². The minimum Gasteiger partial charge on any atom is -0.480 e. The average Bonchev–Trinajstić information content (AvgIpc) is 2.87. The summed E-state index contributed by atoms with van der Waals surface area (Å²) in [6, 6.07) is 7.36. The van der Waals surface area contributed by atoms with Crippen molar-refractivity contribution in [2.45, 2.75) is 12.8 Å². The molecule has 0 saturated carbocycles. The van der Waals surface area contributed by atoms with E-state index in [9.17, 15) is 4.79 Å². The maximum Gasteiger partial charge on any atom is 0.323 e. The summed E-state index contributed by atoms with van der Waals surface area (Å²) in [4.78, 5) is 15.2. The lowest BCUT2D eigenvalue weighted by Gasteiger charge is -2.25. The van der Waals surface area contributed by atoms with Crippen molar-refractivity contribution >= 4 is 23.3 Å². The van der Waals surface area contributed by atoms with Crippen LogP contribution >= 0.6 is 11.6 Å². The Morgan fingerprint density at radius 2 is 2.11 bits per heavy atom. The first-order valence-corrected chi connectivity index (χ1v) is 6.97. The van der Waals surface area contributed by atoms with Crippen LogP contribution in [0.5, 0.6) is 0 Å². The van der Waals surface area contributed by atoms with E-state index in [4.69, 9.17) is 16.7 Å². The second kappa shape index (κ2) is 6.78. The minimum atomic E-state index is -0.818. The van der Waals surface area contributed by atoms with Gasteiger partial charge in [0.2, 0.25) is 0 Å². The van der Waals surface area contributed by atoms with E-state index >= 15 is 0 Å². The van der Waals surface area contributed by atoms with Crippen molar-refractivity contribution in [3.8, 4) is 0 Å². The summed E-state index contributed by atoms with van der Waals surface area (Å²) >= 11 is 5.97. The summed E-state index contributed by atoms with van der Waals surface area (Å²) in [6.07, 6.45) is 2.49. The van der Waals surface area contributed by atoms with Crippen molar-refractivity contribution in [2.24, 2.45) is 0 Å². The minimum absolute atomic E-state index is 0.00812. The predicted octanol–water partition coefficient (Wildman–Crippen LogP) is 2.33. The Balaban J connectivity index is 2.00. The maximum absolute atomic E-state index is 11.0. The Hall–Kier alpha value is -1.26. The van der Waals surface area contributed by atoms with Gasteiger partial charge in [0.1, 0.15) is 6.54 Å². The molecule has 1 N–H and O–H groups in total. The Kier molecular flexibility index (Phi) is 5.05. The topological polar surface area (TPSA) is 43.8 Å². The highest BCUT2D eigenvalue weighted by Gasteiger charge is 2.15. The largest absolute Gasteiger partial charge is 0.480 e. The van der Waals surface area contributed by atoms with Crippen LogP contribution in [-0.4, -0.2) is 48.7 Å². The van der Waals surface area contributed by atoms with Crippen molar-refractivity contribution in [2.75, 3.05) is 37.6 Å². The molecule has 0 atom stereocenters. The molecule has 1 aliphatic heterocycles. The van der Waals surface area contributed by atoms with Crippen LogP contribution in [0, 0.1) is 0 Å². The van der Waals surface area contributed by atoms with Crippen LogP contribution in [0.3, 0.4) is 0 Å². The van der Waals surface area contributed by atoms with Gasteiger partial charge in [0.05, 0.1) is 0 Å². The summed E-state index contributed by atoms with van der Waals surface area (Å²) < 4.78 is 0. The molecule has 0 radical (unpaired) electrons. The zero-order valence-electron chi connectivity index (χ0n) is 10.9. The number of benzene rings is 1. The lowest BCUT2D eigenvalue weighted by atomic mass is 10.2. The van der Waals surface area contributed by atoms with Gasteiger partial charge in [-0.15, -0.1) is 0 Å². The number of carboxylic acid groups (broad SMARTS) is 1. The van der Waals surface area contributed by atoms with E-state index < -0.39 is 5.97 Å². The number of hydrogen-bond acceptors (Lipinski definition) is 3. The molecule has 1 aromatic carbocycles. The Morgan fingerprint density at radius 1 is 1.37 bits per heavy atom. The molecule has 1 saturated heterocycles. The molecule has 1 fully saturated rings. The summed E-state index contributed by atoms with van der Waals surface area (Å²) in [5, 5.41) is 9.65. The molecule has 1 aliphatic rings. The van der Waals surface area contributed by atoms with Gasteiger partial charge >= 0.3 is 5.97 Å². The van der Waals surface area contributed by atoms with Gasteiger partial charge in [-0.05, 0) is 44.1 Å². The van der Waals surface area contributed by atoms with Gasteiger partial charge in [0, 0.05) is 23.8 Å². The number of halogens is 1. The van der Waals surface area contributed by atoms with E-state index in [-0.39, 0.29) is 6.54 Å². The van der Waals surface area contributed by atoms with Crippen molar-refractivity contribution < 1.29 is 9.90 Å². The highest BCUT2D eigenvalue weighted by Crippen LogP contribution is 2.19. The fourth-order valence-corrected chi connectivity index (χ4v) is 2.59. The van der Waals surface area contributed by atoms with Crippen LogP contribution in [-0.2, 0) is 4.79 Å². The van der Waals surface area contributed by atoms with E-state index in [0.717, 1.165) is 25.3 Å². The fourth-order valence-electron chi connectivity index (χ4n) is 2.40. The molecule has 0 spiro atoms. The molecule has 0 unspecified atom stereocenters. The summed E-state index contributed by atoms with van der Waals surface area (Å²) in [5.74, 6) is -0.818. The average molecular weight is 283 g/mol. The number of hydrogen-bond donors (Lipinski definition) is 1. The van der Waals surface area contributed by atoms with Crippen LogP contribution in [0.4, 0.5) is 5.69 Å². The monoisotopic (exact) mass is 282 g/mol. The van der Waals surface area contributed by atoms with Crippen LogP contribution in [0.2, 0.25) is 5.02 Å². The van der Waals surface area contributed by atoms with Gasteiger partial charge in [-0.3, -0.25) is 4.79 Å². The summed E-state index contributed by atoms with van der Waals surface area (Å²) in [6.45, 7) is 3.87. The Bertz CT molecular complexity index is 433. The number of aliphatic carboxylic acids is 1. The molecule has 5 heteroatoms.